The number of anilines is 2. The predicted molar refractivity (Wildman–Crippen MR) is 76.8 cm³/mol. The molecule has 0 unspecified atom stereocenters. The van der Waals surface area contributed by atoms with Crippen LogP contribution in [0.4, 0.5) is 11.4 Å². The molecule has 0 radical (unpaired) electrons. The van der Waals surface area contributed by atoms with Crippen molar-refractivity contribution in [1.29, 1.82) is 0 Å². The van der Waals surface area contributed by atoms with Crippen LogP contribution < -0.4 is 21.1 Å². The Kier molecular flexibility index (Phi) is 4.15. The van der Waals surface area contributed by atoms with Crippen molar-refractivity contribution in [3.8, 4) is 0 Å². The van der Waals surface area contributed by atoms with Crippen LogP contribution in [0.25, 0.3) is 0 Å². The maximum Gasteiger partial charge on any atom is 0.242 e. The fourth-order valence-electron chi connectivity index (χ4n) is 1.70. The Hall–Kier alpha value is -1.80. The predicted octanol–water partition coefficient (Wildman–Crippen LogP) is -0.133. The molecule has 1 aromatic rings. The van der Waals surface area contributed by atoms with Crippen molar-refractivity contribution < 1.29 is 13.2 Å². The van der Waals surface area contributed by atoms with E-state index in [1.54, 1.807) is 6.07 Å². The van der Waals surface area contributed by atoms with E-state index in [-0.39, 0.29) is 23.0 Å². The molecule has 1 amide bonds. The number of carbonyl (C=O) groups is 1. The van der Waals surface area contributed by atoms with E-state index in [1.807, 2.05) is 0 Å². The number of benzene rings is 1. The van der Waals surface area contributed by atoms with Gasteiger partial charge in [-0.15, -0.1) is 0 Å². The summed E-state index contributed by atoms with van der Waals surface area (Å²) < 4.78 is 25.5. The first-order chi connectivity index (χ1) is 9.42. The van der Waals surface area contributed by atoms with Gasteiger partial charge in [-0.2, -0.15) is 0 Å². The molecule has 0 aliphatic heterocycles. The zero-order chi connectivity index (χ0) is 14.8. The van der Waals surface area contributed by atoms with Crippen LogP contribution in [0, 0.1) is 0 Å². The standard InChI is InChI=1S/C12H18N4O3S/c1-14-20(18,19)11-5-4-9(6-10(11)13)15-7-12(17)16-8-2-3-8/h4-6,8,14-15H,2-3,7,13H2,1H3,(H,16,17). The molecule has 1 fully saturated rings. The zero-order valence-corrected chi connectivity index (χ0v) is 12.0. The molecule has 0 spiro atoms. The third kappa shape index (κ3) is 3.61. The van der Waals surface area contributed by atoms with E-state index in [4.69, 9.17) is 5.73 Å². The van der Waals surface area contributed by atoms with Crippen LogP contribution in [0.2, 0.25) is 0 Å². The smallest absolute Gasteiger partial charge is 0.242 e. The van der Waals surface area contributed by atoms with Gasteiger partial charge >= 0.3 is 0 Å². The number of hydrogen-bond acceptors (Lipinski definition) is 5. The van der Waals surface area contributed by atoms with Gasteiger partial charge in [0.05, 0.1) is 12.2 Å². The molecule has 7 nitrogen and oxygen atoms in total. The molecule has 2 rings (SSSR count). The van der Waals surface area contributed by atoms with E-state index in [9.17, 15) is 13.2 Å². The summed E-state index contributed by atoms with van der Waals surface area (Å²) in [4.78, 5) is 11.5. The lowest BCUT2D eigenvalue weighted by Gasteiger charge is -2.10. The van der Waals surface area contributed by atoms with E-state index < -0.39 is 10.0 Å². The minimum atomic E-state index is -3.57. The van der Waals surface area contributed by atoms with Crippen molar-refractivity contribution in [2.75, 3.05) is 24.6 Å². The van der Waals surface area contributed by atoms with Gasteiger partial charge in [0.25, 0.3) is 0 Å². The Bertz CT molecular complexity index is 611. The summed E-state index contributed by atoms with van der Waals surface area (Å²) in [5.41, 5.74) is 6.45. The molecule has 0 bridgehead atoms. The zero-order valence-electron chi connectivity index (χ0n) is 11.1. The molecule has 5 N–H and O–H groups in total. The molecular formula is C12H18N4O3S. The number of hydrogen-bond donors (Lipinski definition) is 4. The van der Waals surface area contributed by atoms with Gasteiger partial charge in [-0.1, -0.05) is 0 Å². The number of nitrogens with two attached hydrogens (primary N) is 1. The molecule has 110 valence electrons. The van der Waals surface area contributed by atoms with Crippen molar-refractivity contribution >= 4 is 27.3 Å². The minimum absolute atomic E-state index is 0.0213. The summed E-state index contributed by atoms with van der Waals surface area (Å²) in [6.07, 6.45) is 2.07. The Balaban J connectivity index is 1.99. The Morgan fingerprint density at radius 2 is 2.10 bits per heavy atom. The minimum Gasteiger partial charge on any atom is -0.398 e. The van der Waals surface area contributed by atoms with Crippen LogP contribution in [-0.4, -0.2) is 34.0 Å². The summed E-state index contributed by atoms with van der Waals surface area (Å²) in [6, 6.07) is 4.79. The van der Waals surface area contributed by atoms with Crippen molar-refractivity contribution in [1.82, 2.24) is 10.0 Å². The number of nitrogens with one attached hydrogen (secondary N) is 3. The SMILES string of the molecule is CNS(=O)(=O)c1ccc(NCC(=O)NC2CC2)cc1N. The highest BCUT2D eigenvalue weighted by Crippen LogP contribution is 2.22. The normalized spacial score (nSPS) is 14.8. The number of carbonyl (C=O) groups excluding carboxylic acids is 1. The first-order valence-electron chi connectivity index (χ1n) is 6.28. The van der Waals surface area contributed by atoms with E-state index in [0.29, 0.717) is 11.7 Å². The summed E-state index contributed by atoms with van der Waals surface area (Å²) in [5.74, 6) is -0.0852. The fraction of sp³-hybridized carbons (Fsp3) is 0.417. The van der Waals surface area contributed by atoms with E-state index >= 15 is 0 Å². The topological polar surface area (TPSA) is 113 Å². The highest BCUT2D eigenvalue weighted by molar-refractivity contribution is 7.89. The lowest BCUT2D eigenvalue weighted by atomic mass is 10.3. The number of rotatable bonds is 6. The highest BCUT2D eigenvalue weighted by atomic mass is 32.2. The Morgan fingerprint density at radius 1 is 1.40 bits per heavy atom. The number of sulfonamides is 1. The van der Waals surface area contributed by atoms with Crippen molar-refractivity contribution in [3.05, 3.63) is 18.2 Å². The van der Waals surface area contributed by atoms with Crippen LogP contribution in [0.5, 0.6) is 0 Å². The van der Waals surface area contributed by atoms with Gasteiger partial charge in [0, 0.05) is 11.7 Å². The number of nitrogen functional groups attached to an aromatic ring is 1. The molecule has 0 saturated heterocycles. The van der Waals surface area contributed by atoms with Gasteiger partial charge in [-0.25, -0.2) is 13.1 Å². The van der Waals surface area contributed by atoms with Crippen LogP contribution in [0.15, 0.2) is 23.1 Å². The first kappa shape index (κ1) is 14.6. The molecule has 20 heavy (non-hydrogen) atoms. The quantitative estimate of drug-likeness (QED) is 0.546. The van der Waals surface area contributed by atoms with Crippen LogP contribution in [0.1, 0.15) is 12.8 Å². The molecule has 0 aromatic heterocycles. The van der Waals surface area contributed by atoms with Crippen LogP contribution >= 0.6 is 0 Å². The summed E-state index contributed by atoms with van der Waals surface area (Å²) in [7, 11) is -2.24. The van der Waals surface area contributed by atoms with Crippen molar-refractivity contribution in [2.45, 2.75) is 23.8 Å². The van der Waals surface area contributed by atoms with Crippen molar-refractivity contribution in [3.63, 3.8) is 0 Å². The maximum absolute atomic E-state index is 11.7. The second kappa shape index (κ2) is 5.68. The van der Waals surface area contributed by atoms with Crippen molar-refractivity contribution in [2.24, 2.45) is 0 Å². The second-order valence-corrected chi connectivity index (χ2v) is 6.51. The third-order valence-corrected chi connectivity index (χ3v) is 4.45. The maximum atomic E-state index is 11.7. The molecule has 0 heterocycles. The van der Waals surface area contributed by atoms with Crippen LogP contribution in [0.3, 0.4) is 0 Å². The molecule has 1 saturated carbocycles. The lowest BCUT2D eigenvalue weighted by molar-refractivity contribution is -0.119. The van der Waals surface area contributed by atoms with Gasteiger partial charge in [0.1, 0.15) is 4.90 Å². The average molecular weight is 298 g/mol. The monoisotopic (exact) mass is 298 g/mol. The van der Waals surface area contributed by atoms with Gasteiger partial charge in [-0.05, 0) is 38.1 Å². The third-order valence-electron chi connectivity index (χ3n) is 2.96. The largest absolute Gasteiger partial charge is 0.398 e. The first-order valence-corrected chi connectivity index (χ1v) is 7.77. The van der Waals surface area contributed by atoms with Crippen LogP contribution in [-0.2, 0) is 14.8 Å². The Morgan fingerprint density at radius 3 is 2.65 bits per heavy atom. The molecule has 1 aliphatic carbocycles. The molecule has 8 heteroatoms. The molecule has 0 atom stereocenters. The van der Waals surface area contributed by atoms with Gasteiger partial charge in [0.15, 0.2) is 0 Å². The lowest BCUT2D eigenvalue weighted by Crippen LogP contribution is -2.31. The summed E-state index contributed by atoms with van der Waals surface area (Å²) >= 11 is 0. The van der Waals surface area contributed by atoms with Gasteiger partial charge in [-0.3, -0.25) is 4.79 Å². The summed E-state index contributed by atoms with van der Waals surface area (Å²) in [6.45, 7) is 0.133. The molecular weight excluding hydrogens is 280 g/mol. The number of amides is 1. The fourth-order valence-corrected chi connectivity index (χ4v) is 2.54. The van der Waals surface area contributed by atoms with E-state index in [1.165, 1.54) is 19.2 Å². The van der Waals surface area contributed by atoms with E-state index in [2.05, 4.69) is 15.4 Å². The summed E-state index contributed by atoms with van der Waals surface area (Å²) in [5, 5.41) is 5.75. The van der Waals surface area contributed by atoms with E-state index in [0.717, 1.165) is 12.8 Å². The molecule has 1 aliphatic rings. The molecule has 1 aromatic carbocycles. The second-order valence-electron chi connectivity index (χ2n) is 4.66. The highest BCUT2D eigenvalue weighted by Gasteiger charge is 2.23. The Labute approximate surface area is 118 Å². The van der Waals surface area contributed by atoms with Gasteiger partial charge < -0.3 is 16.4 Å². The average Bonchev–Trinajstić information content (AvgIpc) is 3.20. The van der Waals surface area contributed by atoms with Gasteiger partial charge in [0.2, 0.25) is 15.9 Å².